The van der Waals surface area contributed by atoms with E-state index in [2.05, 4.69) is 15.6 Å². The van der Waals surface area contributed by atoms with E-state index in [1.165, 1.54) is 11.3 Å². The zero-order valence-electron chi connectivity index (χ0n) is 17.8. The Morgan fingerprint density at radius 1 is 1.09 bits per heavy atom. The highest BCUT2D eigenvalue weighted by Crippen LogP contribution is 2.28. The predicted molar refractivity (Wildman–Crippen MR) is 128 cm³/mol. The summed E-state index contributed by atoms with van der Waals surface area (Å²) in [5.74, 6) is -0.142. The van der Waals surface area contributed by atoms with Gasteiger partial charge in [0.15, 0.2) is 5.13 Å². The molecule has 2 N–H and O–H groups in total. The van der Waals surface area contributed by atoms with Crippen molar-refractivity contribution in [3.05, 3.63) is 76.3 Å². The molecule has 1 unspecified atom stereocenters. The number of nitrogens with zero attached hydrogens (tertiary/aromatic N) is 2. The van der Waals surface area contributed by atoms with E-state index in [1.807, 2.05) is 55.5 Å². The van der Waals surface area contributed by atoms with Gasteiger partial charge in [-0.25, -0.2) is 4.98 Å². The van der Waals surface area contributed by atoms with Crippen molar-refractivity contribution in [3.63, 3.8) is 0 Å². The molecule has 0 radical (unpaired) electrons. The minimum atomic E-state index is -0.107. The van der Waals surface area contributed by atoms with E-state index >= 15 is 0 Å². The van der Waals surface area contributed by atoms with Crippen LogP contribution in [0, 0.1) is 5.92 Å². The molecule has 32 heavy (non-hydrogen) atoms. The molecule has 4 rings (SSSR count). The van der Waals surface area contributed by atoms with Gasteiger partial charge in [0.2, 0.25) is 5.91 Å². The van der Waals surface area contributed by atoms with E-state index in [4.69, 9.17) is 11.6 Å². The molecule has 1 aromatic heterocycles. The Balaban J connectivity index is 1.29. The molecular weight excluding hydrogens is 444 g/mol. The number of anilines is 2. The minimum Gasteiger partial charge on any atom is -0.349 e. The fourth-order valence-corrected chi connectivity index (χ4v) is 4.65. The van der Waals surface area contributed by atoms with E-state index in [1.54, 1.807) is 16.3 Å². The van der Waals surface area contributed by atoms with Crippen LogP contribution in [0.1, 0.15) is 41.9 Å². The highest BCUT2D eigenvalue weighted by atomic mass is 35.5. The smallest absolute Gasteiger partial charge is 0.273 e. The maximum atomic E-state index is 12.9. The Labute approximate surface area is 196 Å². The van der Waals surface area contributed by atoms with E-state index < -0.39 is 0 Å². The molecule has 1 aliphatic heterocycles. The van der Waals surface area contributed by atoms with Crippen molar-refractivity contribution in [2.75, 3.05) is 18.4 Å². The zero-order valence-corrected chi connectivity index (χ0v) is 19.3. The number of hydrogen-bond acceptors (Lipinski definition) is 5. The lowest BCUT2D eigenvalue weighted by Gasteiger charge is -2.31. The van der Waals surface area contributed by atoms with Gasteiger partial charge in [0, 0.05) is 24.4 Å². The molecule has 0 saturated carbocycles. The number of amides is 2. The van der Waals surface area contributed by atoms with Gasteiger partial charge < -0.3 is 15.5 Å². The standard InChI is InChI=1S/C24H25ClN4O2S/c1-16(17-7-3-2-4-8-17)26-22(30)18-11-13-29(14-12-18)23(31)21-15-32-24(28-21)27-20-10-6-5-9-19(20)25/h2-10,15-16,18H,11-14H2,1H3,(H,26,30)(H,27,28). The van der Waals surface area contributed by atoms with Gasteiger partial charge in [-0.15, -0.1) is 11.3 Å². The highest BCUT2D eigenvalue weighted by molar-refractivity contribution is 7.14. The predicted octanol–water partition coefficient (Wildman–Crippen LogP) is 5.27. The van der Waals surface area contributed by atoms with Crippen LogP contribution in [0.25, 0.3) is 0 Å². The summed E-state index contributed by atoms with van der Waals surface area (Å²) in [6.07, 6.45) is 1.29. The summed E-state index contributed by atoms with van der Waals surface area (Å²) in [7, 11) is 0. The SMILES string of the molecule is CC(NC(=O)C1CCN(C(=O)c2csc(Nc3ccccc3Cl)n2)CC1)c1ccccc1. The minimum absolute atomic E-state index is 0.0394. The van der Waals surface area contributed by atoms with Crippen molar-refractivity contribution in [1.29, 1.82) is 0 Å². The number of para-hydroxylation sites is 1. The number of likely N-dealkylation sites (tertiary alicyclic amines) is 1. The van der Waals surface area contributed by atoms with E-state index in [0.29, 0.717) is 41.8 Å². The second kappa shape index (κ2) is 10.1. The van der Waals surface area contributed by atoms with Gasteiger partial charge in [-0.3, -0.25) is 9.59 Å². The summed E-state index contributed by atoms with van der Waals surface area (Å²) in [6, 6.07) is 17.3. The van der Waals surface area contributed by atoms with Gasteiger partial charge in [-0.2, -0.15) is 0 Å². The first kappa shape index (κ1) is 22.3. The molecule has 0 bridgehead atoms. The van der Waals surface area contributed by atoms with Gasteiger partial charge >= 0.3 is 0 Å². The second-order valence-electron chi connectivity index (χ2n) is 7.85. The first-order chi connectivity index (χ1) is 15.5. The summed E-state index contributed by atoms with van der Waals surface area (Å²) in [5, 5.41) is 9.22. The Morgan fingerprint density at radius 3 is 2.50 bits per heavy atom. The van der Waals surface area contributed by atoms with Gasteiger partial charge in [0.1, 0.15) is 5.69 Å². The van der Waals surface area contributed by atoms with Crippen LogP contribution in [0.5, 0.6) is 0 Å². The van der Waals surface area contributed by atoms with Gasteiger partial charge in [-0.05, 0) is 37.5 Å². The molecule has 1 aliphatic rings. The van der Waals surface area contributed by atoms with Gasteiger partial charge in [0.25, 0.3) is 5.91 Å². The number of carbonyl (C=O) groups is 2. The molecule has 166 valence electrons. The maximum absolute atomic E-state index is 12.9. The van der Waals surface area contributed by atoms with Crippen LogP contribution in [0.4, 0.5) is 10.8 Å². The molecule has 3 aromatic rings. The number of halogens is 1. The maximum Gasteiger partial charge on any atom is 0.273 e. The van der Waals surface area contributed by atoms with Crippen LogP contribution in [-0.4, -0.2) is 34.8 Å². The molecular formula is C24H25ClN4O2S. The third kappa shape index (κ3) is 5.29. The zero-order chi connectivity index (χ0) is 22.5. The molecule has 0 aliphatic carbocycles. The Hall–Kier alpha value is -2.90. The van der Waals surface area contributed by atoms with Crippen molar-refractivity contribution in [2.24, 2.45) is 5.92 Å². The number of benzene rings is 2. The Bertz CT molecular complexity index is 1080. The molecule has 0 spiro atoms. The summed E-state index contributed by atoms with van der Waals surface area (Å²) >= 11 is 7.54. The lowest BCUT2D eigenvalue weighted by Crippen LogP contribution is -2.43. The van der Waals surface area contributed by atoms with E-state index in [0.717, 1.165) is 11.3 Å². The molecule has 6 nitrogen and oxygen atoms in total. The summed E-state index contributed by atoms with van der Waals surface area (Å²) in [5.41, 5.74) is 2.24. The quantitative estimate of drug-likeness (QED) is 0.516. The van der Waals surface area contributed by atoms with Crippen LogP contribution in [0.2, 0.25) is 5.02 Å². The Kier molecular flexibility index (Phi) is 7.07. The molecule has 1 saturated heterocycles. The summed E-state index contributed by atoms with van der Waals surface area (Å²) in [4.78, 5) is 31.8. The molecule has 8 heteroatoms. The number of thiazole rings is 1. The number of rotatable bonds is 6. The number of nitrogens with one attached hydrogen (secondary N) is 2. The van der Waals surface area contributed by atoms with Crippen molar-refractivity contribution < 1.29 is 9.59 Å². The first-order valence-electron chi connectivity index (χ1n) is 10.6. The lowest BCUT2D eigenvalue weighted by molar-refractivity contribution is -0.127. The third-order valence-electron chi connectivity index (χ3n) is 5.65. The number of carbonyl (C=O) groups excluding carboxylic acids is 2. The van der Waals surface area contributed by atoms with E-state index in [-0.39, 0.29) is 23.8 Å². The largest absolute Gasteiger partial charge is 0.349 e. The van der Waals surface area contributed by atoms with Crippen LogP contribution in [0.3, 0.4) is 0 Å². The summed E-state index contributed by atoms with van der Waals surface area (Å²) < 4.78 is 0. The van der Waals surface area contributed by atoms with Crippen molar-refractivity contribution in [3.8, 4) is 0 Å². The van der Waals surface area contributed by atoms with Crippen LogP contribution in [-0.2, 0) is 4.79 Å². The fraction of sp³-hybridized carbons (Fsp3) is 0.292. The summed E-state index contributed by atoms with van der Waals surface area (Å²) in [6.45, 7) is 3.07. The lowest BCUT2D eigenvalue weighted by atomic mass is 9.95. The normalized spacial score (nSPS) is 15.2. The average molecular weight is 469 g/mol. The van der Waals surface area contributed by atoms with Gasteiger partial charge in [0.05, 0.1) is 16.8 Å². The molecule has 1 fully saturated rings. The van der Waals surface area contributed by atoms with E-state index in [9.17, 15) is 9.59 Å². The van der Waals surface area contributed by atoms with Crippen molar-refractivity contribution in [2.45, 2.75) is 25.8 Å². The van der Waals surface area contributed by atoms with Crippen LogP contribution < -0.4 is 10.6 Å². The van der Waals surface area contributed by atoms with Crippen molar-refractivity contribution in [1.82, 2.24) is 15.2 Å². The second-order valence-corrected chi connectivity index (χ2v) is 9.12. The van der Waals surface area contributed by atoms with Gasteiger partial charge in [-0.1, -0.05) is 54.1 Å². The van der Waals surface area contributed by atoms with Crippen LogP contribution >= 0.6 is 22.9 Å². The Morgan fingerprint density at radius 2 is 1.78 bits per heavy atom. The van der Waals surface area contributed by atoms with Crippen molar-refractivity contribution >= 4 is 45.6 Å². The molecule has 2 heterocycles. The third-order valence-corrected chi connectivity index (χ3v) is 6.74. The van der Waals surface area contributed by atoms with Crippen LogP contribution in [0.15, 0.2) is 60.0 Å². The number of aromatic nitrogens is 1. The molecule has 2 aromatic carbocycles. The fourth-order valence-electron chi connectivity index (χ4n) is 3.77. The first-order valence-corrected chi connectivity index (χ1v) is 11.9. The monoisotopic (exact) mass is 468 g/mol. The average Bonchev–Trinajstić information content (AvgIpc) is 3.29. The molecule has 2 amide bonds. The highest BCUT2D eigenvalue weighted by Gasteiger charge is 2.29. The number of hydrogen-bond donors (Lipinski definition) is 2. The number of piperidine rings is 1. The molecule has 1 atom stereocenters. The topological polar surface area (TPSA) is 74.3 Å².